The zero-order valence-electron chi connectivity index (χ0n) is 15.4. The predicted molar refractivity (Wildman–Crippen MR) is 108 cm³/mol. The molecule has 0 aliphatic rings. The molecule has 1 amide bonds. The fourth-order valence-corrected chi connectivity index (χ4v) is 3.53. The highest BCUT2D eigenvalue weighted by Gasteiger charge is 2.17. The van der Waals surface area contributed by atoms with Crippen molar-refractivity contribution in [2.75, 3.05) is 12.4 Å². The number of nitrogens with one attached hydrogen (secondary N) is 1. The van der Waals surface area contributed by atoms with Gasteiger partial charge in [-0.1, -0.05) is 29.4 Å². The van der Waals surface area contributed by atoms with Crippen molar-refractivity contribution >= 4 is 22.9 Å². The van der Waals surface area contributed by atoms with Crippen LogP contribution in [0.25, 0.3) is 22.2 Å². The third kappa shape index (κ3) is 4.33. The Morgan fingerprint density at radius 1 is 1.21 bits per heavy atom. The number of ether oxygens (including phenoxy) is 1. The summed E-state index contributed by atoms with van der Waals surface area (Å²) in [6, 6.07) is 15.0. The topological polar surface area (TPSA) is 77.2 Å². The number of thiophene rings is 1. The second kappa shape index (κ2) is 8.24. The molecule has 2 aromatic carbocycles. The van der Waals surface area contributed by atoms with Crippen LogP contribution in [-0.2, 0) is 11.2 Å². The fraction of sp³-hybridized carbons (Fsp3) is 0.0952. The number of amides is 1. The number of halogens is 1. The maximum Gasteiger partial charge on any atom is 0.270 e. The van der Waals surface area contributed by atoms with E-state index in [9.17, 15) is 9.18 Å². The molecule has 0 radical (unpaired) electrons. The molecule has 6 nitrogen and oxygen atoms in total. The smallest absolute Gasteiger partial charge is 0.270 e. The Morgan fingerprint density at radius 2 is 2.03 bits per heavy atom. The Hall–Kier alpha value is -3.52. The van der Waals surface area contributed by atoms with Gasteiger partial charge in [0.05, 0.1) is 19.2 Å². The summed E-state index contributed by atoms with van der Waals surface area (Å²) in [5.74, 6) is 0.735. The first-order valence-electron chi connectivity index (χ1n) is 8.72. The molecule has 2 heterocycles. The van der Waals surface area contributed by atoms with Crippen LogP contribution in [0.15, 0.2) is 64.5 Å². The van der Waals surface area contributed by atoms with Crippen molar-refractivity contribution in [2.45, 2.75) is 6.42 Å². The summed E-state index contributed by atoms with van der Waals surface area (Å²) >= 11 is 1.37. The second-order valence-electron chi connectivity index (χ2n) is 6.17. The van der Waals surface area contributed by atoms with Crippen molar-refractivity contribution in [3.05, 3.63) is 71.4 Å². The summed E-state index contributed by atoms with van der Waals surface area (Å²) in [6.07, 6.45) is 0.220. The minimum atomic E-state index is -0.378. The van der Waals surface area contributed by atoms with Crippen LogP contribution < -0.4 is 10.1 Å². The summed E-state index contributed by atoms with van der Waals surface area (Å²) in [6.45, 7) is 0. The third-order valence-corrected chi connectivity index (χ3v) is 5.07. The fourth-order valence-electron chi connectivity index (χ4n) is 2.76. The van der Waals surface area contributed by atoms with Crippen LogP contribution in [0.1, 0.15) is 5.56 Å². The van der Waals surface area contributed by atoms with Crippen molar-refractivity contribution in [3.8, 4) is 27.9 Å². The first-order valence-corrected chi connectivity index (χ1v) is 9.60. The summed E-state index contributed by atoms with van der Waals surface area (Å²) < 4.78 is 23.9. The van der Waals surface area contributed by atoms with Crippen LogP contribution in [-0.4, -0.2) is 23.2 Å². The van der Waals surface area contributed by atoms with E-state index in [0.29, 0.717) is 16.1 Å². The molecule has 0 unspecified atom stereocenters. The normalized spacial score (nSPS) is 10.7. The molecular formula is C21H16FN3O3S. The zero-order valence-corrected chi connectivity index (χ0v) is 16.2. The summed E-state index contributed by atoms with van der Waals surface area (Å²) in [7, 11) is 1.59. The van der Waals surface area contributed by atoms with Crippen molar-refractivity contribution in [3.63, 3.8) is 0 Å². The summed E-state index contributed by atoms with van der Waals surface area (Å²) in [5, 5.41) is 8.62. The molecule has 0 saturated heterocycles. The lowest BCUT2D eigenvalue weighted by atomic mass is 10.1. The van der Waals surface area contributed by atoms with E-state index in [1.54, 1.807) is 25.3 Å². The summed E-state index contributed by atoms with van der Waals surface area (Å²) in [5.41, 5.74) is 1.97. The molecule has 4 aromatic rings. The SMILES string of the molecule is COc1ccc(CC(=O)Nc2ccsc2-c2nc(-c3cccc(F)c3)no2)cc1. The number of hydrogen-bond acceptors (Lipinski definition) is 6. The molecule has 0 aliphatic heterocycles. The van der Waals surface area contributed by atoms with E-state index in [2.05, 4.69) is 15.5 Å². The average molecular weight is 409 g/mol. The number of rotatable bonds is 6. The average Bonchev–Trinajstić information content (AvgIpc) is 3.38. The second-order valence-corrected chi connectivity index (χ2v) is 7.09. The van der Waals surface area contributed by atoms with Crippen LogP contribution in [0.5, 0.6) is 5.75 Å². The van der Waals surface area contributed by atoms with Crippen molar-refractivity contribution in [1.29, 1.82) is 0 Å². The monoisotopic (exact) mass is 409 g/mol. The molecule has 2 aromatic heterocycles. The van der Waals surface area contributed by atoms with Gasteiger partial charge >= 0.3 is 0 Å². The molecule has 146 valence electrons. The number of nitrogens with zero attached hydrogens (tertiary/aromatic N) is 2. The molecule has 0 saturated carbocycles. The Kier molecular flexibility index (Phi) is 5.35. The Labute approximate surface area is 170 Å². The molecule has 8 heteroatoms. The number of hydrogen-bond donors (Lipinski definition) is 1. The zero-order chi connectivity index (χ0) is 20.2. The van der Waals surface area contributed by atoms with Gasteiger partial charge in [0, 0.05) is 5.56 Å². The van der Waals surface area contributed by atoms with Gasteiger partial charge < -0.3 is 14.6 Å². The molecule has 4 rings (SSSR count). The highest BCUT2D eigenvalue weighted by Crippen LogP contribution is 2.33. The van der Waals surface area contributed by atoms with Gasteiger partial charge in [-0.05, 0) is 41.3 Å². The van der Waals surface area contributed by atoms with Crippen LogP contribution in [0.2, 0.25) is 0 Å². The number of carbonyl (C=O) groups is 1. The molecule has 29 heavy (non-hydrogen) atoms. The van der Waals surface area contributed by atoms with E-state index < -0.39 is 0 Å². The maximum atomic E-state index is 13.4. The van der Waals surface area contributed by atoms with E-state index in [0.717, 1.165) is 11.3 Å². The standard InChI is InChI=1S/C21H16FN3O3S/c1-27-16-7-5-13(6-8-16)11-18(26)23-17-9-10-29-19(17)21-24-20(25-28-21)14-3-2-4-15(22)12-14/h2-10,12H,11H2,1H3,(H,23,26). The first-order chi connectivity index (χ1) is 14.1. The maximum absolute atomic E-state index is 13.4. The molecule has 0 atom stereocenters. The predicted octanol–water partition coefficient (Wildman–Crippen LogP) is 4.79. The van der Waals surface area contributed by atoms with Gasteiger partial charge in [-0.3, -0.25) is 4.79 Å². The minimum Gasteiger partial charge on any atom is -0.497 e. The molecule has 0 fully saturated rings. The molecular weight excluding hydrogens is 393 g/mol. The third-order valence-electron chi connectivity index (χ3n) is 4.17. The quantitative estimate of drug-likeness (QED) is 0.495. The molecule has 0 aliphatic carbocycles. The van der Waals surface area contributed by atoms with Gasteiger partial charge in [-0.2, -0.15) is 4.98 Å². The van der Waals surface area contributed by atoms with Crippen LogP contribution >= 0.6 is 11.3 Å². The highest BCUT2D eigenvalue weighted by molar-refractivity contribution is 7.14. The Morgan fingerprint density at radius 3 is 2.79 bits per heavy atom. The van der Waals surface area contributed by atoms with Gasteiger partial charge in [0.2, 0.25) is 11.7 Å². The number of methoxy groups -OCH3 is 1. The van der Waals surface area contributed by atoms with Crippen molar-refractivity contribution in [1.82, 2.24) is 10.1 Å². The molecule has 0 spiro atoms. The lowest BCUT2D eigenvalue weighted by Gasteiger charge is -2.06. The lowest BCUT2D eigenvalue weighted by molar-refractivity contribution is -0.115. The number of benzene rings is 2. The van der Waals surface area contributed by atoms with E-state index in [1.807, 2.05) is 29.6 Å². The largest absolute Gasteiger partial charge is 0.497 e. The molecule has 0 bridgehead atoms. The summed E-state index contributed by atoms with van der Waals surface area (Å²) in [4.78, 5) is 17.4. The first kappa shape index (κ1) is 18.8. The van der Waals surface area contributed by atoms with Crippen molar-refractivity contribution < 1.29 is 18.4 Å². The Bertz CT molecular complexity index is 1140. The molecule has 1 N–H and O–H groups in total. The van der Waals surface area contributed by atoms with E-state index in [4.69, 9.17) is 9.26 Å². The van der Waals surface area contributed by atoms with E-state index >= 15 is 0 Å². The number of anilines is 1. The van der Waals surface area contributed by atoms with Gasteiger partial charge in [0.25, 0.3) is 5.89 Å². The van der Waals surface area contributed by atoms with Gasteiger partial charge in [0.15, 0.2) is 0 Å². The lowest BCUT2D eigenvalue weighted by Crippen LogP contribution is -2.14. The highest BCUT2D eigenvalue weighted by atomic mass is 32.1. The van der Waals surface area contributed by atoms with E-state index in [-0.39, 0.29) is 29.9 Å². The minimum absolute atomic E-state index is 0.167. The van der Waals surface area contributed by atoms with Crippen molar-refractivity contribution in [2.24, 2.45) is 0 Å². The van der Waals surface area contributed by atoms with Gasteiger partial charge in [0.1, 0.15) is 16.4 Å². The van der Waals surface area contributed by atoms with Gasteiger partial charge in [-0.25, -0.2) is 4.39 Å². The van der Waals surface area contributed by atoms with E-state index in [1.165, 1.54) is 23.5 Å². The van der Waals surface area contributed by atoms with Crippen LogP contribution in [0, 0.1) is 5.82 Å². The number of carbonyl (C=O) groups excluding carboxylic acids is 1. The van der Waals surface area contributed by atoms with Crippen LogP contribution in [0.4, 0.5) is 10.1 Å². The van der Waals surface area contributed by atoms with Crippen LogP contribution in [0.3, 0.4) is 0 Å². The number of aromatic nitrogens is 2. The Balaban J connectivity index is 1.49. The van der Waals surface area contributed by atoms with Gasteiger partial charge in [-0.15, -0.1) is 11.3 Å².